The molecule has 0 aliphatic carbocycles. The summed E-state index contributed by atoms with van der Waals surface area (Å²) in [5, 5.41) is 0.267. The van der Waals surface area contributed by atoms with Gasteiger partial charge in [0.2, 0.25) is 0 Å². The molecule has 0 aromatic heterocycles. The van der Waals surface area contributed by atoms with Gasteiger partial charge in [0.15, 0.2) is 25.0 Å². The molecule has 0 heterocycles. The summed E-state index contributed by atoms with van der Waals surface area (Å²) in [4.78, 5) is 11.8. The van der Waals surface area contributed by atoms with Crippen LogP contribution in [-0.2, 0) is 22.8 Å². The maximum absolute atomic E-state index is 11.8. The normalized spacial score (nSPS) is 15.7. The second kappa shape index (κ2) is 20.8. The Morgan fingerprint density at radius 2 is 1.22 bits per heavy atom. The first-order chi connectivity index (χ1) is 22.3. The largest absolute Gasteiger partial charge is 0.469 e. The van der Waals surface area contributed by atoms with Crippen molar-refractivity contribution < 1.29 is 22.8 Å². The molecule has 0 saturated heterocycles. The van der Waals surface area contributed by atoms with E-state index in [2.05, 4.69) is 157 Å². The zero-order valence-electron chi connectivity index (χ0n) is 34.4. The van der Waals surface area contributed by atoms with Crippen molar-refractivity contribution >= 4 is 30.9 Å². The van der Waals surface area contributed by atoms with Crippen molar-refractivity contribution in [1.29, 1.82) is 0 Å². The second-order valence-electron chi connectivity index (χ2n) is 17.3. The molecule has 0 aliphatic rings. The van der Waals surface area contributed by atoms with Crippen molar-refractivity contribution in [1.82, 2.24) is 0 Å². The quantitative estimate of drug-likeness (QED) is 0.0521. The summed E-state index contributed by atoms with van der Waals surface area (Å²) < 4.78 is 24.8. The van der Waals surface area contributed by atoms with E-state index in [4.69, 9.17) is 18.0 Å². The molecule has 0 amide bonds. The van der Waals surface area contributed by atoms with E-state index < -0.39 is 25.0 Å². The SMILES string of the molecule is CC/C=C\C[C@@H](/C=C/C#CC[C@H](/C=C/C=C/C#C[C@H](CCC(=O)OC)O[Si](C)(C)C(C)(C)C)O[Si](C)(C)C(C)(C)C)O[Si](C)(C)C(C)(C)C. The Bertz CT molecular complexity index is 1250. The van der Waals surface area contributed by atoms with E-state index in [1.807, 2.05) is 24.3 Å². The lowest BCUT2D eigenvalue weighted by atomic mass is 10.2. The van der Waals surface area contributed by atoms with Gasteiger partial charge in [0.1, 0.15) is 6.10 Å². The van der Waals surface area contributed by atoms with Crippen LogP contribution in [0.1, 0.15) is 101 Å². The lowest BCUT2D eigenvalue weighted by Crippen LogP contribution is -2.43. The summed E-state index contributed by atoms with van der Waals surface area (Å²) in [6.45, 7) is 35.9. The molecule has 0 aromatic rings. The van der Waals surface area contributed by atoms with Crippen LogP contribution in [0, 0.1) is 23.7 Å². The maximum Gasteiger partial charge on any atom is 0.305 e. The molecule has 0 unspecified atom stereocenters. The van der Waals surface area contributed by atoms with Gasteiger partial charge in [-0.1, -0.05) is 123 Å². The van der Waals surface area contributed by atoms with Crippen molar-refractivity contribution in [3.05, 3.63) is 48.6 Å². The Morgan fingerprint density at radius 1 is 0.694 bits per heavy atom. The van der Waals surface area contributed by atoms with Gasteiger partial charge in [-0.2, -0.15) is 0 Å². The molecule has 0 aromatic carbocycles. The second-order valence-corrected chi connectivity index (χ2v) is 31.6. The molecule has 8 heteroatoms. The fraction of sp³-hybridized carbons (Fsp3) is 0.683. The molecule has 0 bridgehead atoms. The molecule has 5 nitrogen and oxygen atoms in total. The Morgan fingerprint density at radius 3 is 1.73 bits per heavy atom. The molecule has 49 heavy (non-hydrogen) atoms. The van der Waals surface area contributed by atoms with Crippen molar-refractivity contribution in [3.63, 3.8) is 0 Å². The molecule has 0 aliphatic heterocycles. The summed E-state index contributed by atoms with van der Waals surface area (Å²) in [7, 11) is -4.60. The minimum absolute atomic E-state index is 0.00996. The Kier molecular flexibility index (Phi) is 20.0. The number of hydrogen-bond donors (Lipinski definition) is 0. The standard InChI is InChI=1S/C41H72O5Si3/c1-18-19-23-28-35(44-47(12,13)39(2,3)4)30-26-22-27-31-36(45-48(14,15)40(5,6)7)29-24-20-21-25-32-37(33-34-38(42)43-11)46-49(16,17)41(8,9)10/h19-21,23-24,26,29-30,35-37H,18,28,31,33-34H2,1-17H3/b21-20+,23-19-,29-24+,30-26+/t35-,36-,37+/m0/s1. The summed E-state index contributed by atoms with van der Waals surface area (Å²) in [6, 6.07) is 0. The summed E-state index contributed by atoms with van der Waals surface area (Å²) in [5.74, 6) is 12.7. The molecule has 0 radical (unpaired) electrons. The smallest absolute Gasteiger partial charge is 0.305 e. The summed E-state index contributed by atoms with van der Waals surface area (Å²) >= 11 is 0. The molecule has 3 atom stereocenters. The third kappa shape index (κ3) is 18.8. The summed E-state index contributed by atoms with van der Waals surface area (Å²) in [6.07, 6.45) is 19.1. The maximum atomic E-state index is 11.8. The van der Waals surface area contributed by atoms with Gasteiger partial charge in [-0.15, -0.1) is 0 Å². The van der Waals surface area contributed by atoms with E-state index in [1.165, 1.54) is 7.11 Å². The van der Waals surface area contributed by atoms with E-state index in [0.717, 1.165) is 12.8 Å². The van der Waals surface area contributed by atoms with Crippen molar-refractivity contribution in [2.24, 2.45) is 0 Å². The van der Waals surface area contributed by atoms with E-state index >= 15 is 0 Å². The predicted molar refractivity (Wildman–Crippen MR) is 219 cm³/mol. The highest BCUT2D eigenvalue weighted by Gasteiger charge is 2.40. The van der Waals surface area contributed by atoms with Crippen LogP contribution in [0.4, 0.5) is 0 Å². The third-order valence-corrected chi connectivity index (χ3v) is 23.5. The number of carbonyl (C=O) groups is 1. The monoisotopic (exact) mass is 728 g/mol. The Balaban J connectivity index is 5.99. The molecule has 0 saturated carbocycles. The lowest BCUT2D eigenvalue weighted by molar-refractivity contribution is -0.141. The van der Waals surface area contributed by atoms with Crippen molar-refractivity contribution in [2.45, 2.75) is 174 Å². The highest BCUT2D eigenvalue weighted by Crippen LogP contribution is 2.39. The first-order valence-electron chi connectivity index (χ1n) is 18.0. The van der Waals surface area contributed by atoms with Crippen molar-refractivity contribution in [2.75, 3.05) is 7.11 Å². The number of hydrogen-bond acceptors (Lipinski definition) is 5. The van der Waals surface area contributed by atoms with Gasteiger partial charge in [0, 0.05) is 12.8 Å². The van der Waals surface area contributed by atoms with Crippen LogP contribution in [-0.4, -0.2) is 56.3 Å². The van der Waals surface area contributed by atoms with Crippen LogP contribution in [0.15, 0.2) is 48.6 Å². The number of rotatable bonds is 16. The van der Waals surface area contributed by atoms with Crippen LogP contribution < -0.4 is 0 Å². The van der Waals surface area contributed by atoms with E-state index in [1.54, 1.807) is 0 Å². The number of allylic oxidation sites excluding steroid dienone is 5. The zero-order chi connectivity index (χ0) is 38.2. The van der Waals surface area contributed by atoms with Crippen LogP contribution in [0.3, 0.4) is 0 Å². The molecular formula is C41H72O5Si3. The average molecular weight is 729 g/mol. The molecule has 0 rings (SSSR count). The van der Waals surface area contributed by atoms with E-state index in [0.29, 0.717) is 12.8 Å². The van der Waals surface area contributed by atoms with Gasteiger partial charge in [0.05, 0.1) is 19.3 Å². The molecule has 0 spiro atoms. The van der Waals surface area contributed by atoms with Crippen LogP contribution in [0.2, 0.25) is 54.4 Å². The highest BCUT2D eigenvalue weighted by atomic mass is 28.4. The van der Waals surface area contributed by atoms with Gasteiger partial charge < -0.3 is 18.0 Å². The van der Waals surface area contributed by atoms with Gasteiger partial charge >= 0.3 is 5.97 Å². The minimum Gasteiger partial charge on any atom is -0.469 e. The van der Waals surface area contributed by atoms with Crippen LogP contribution >= 0.6 is 0 Å². The fourth-order valence-electron chi connectivity index (χ4n) is 3.67. The number of esters is 1. The number of methoxy groups -OCH3 is 1. The molecular weight excluding hydrogens is 657 g/mol. The van der Waals surface area contributed by atoms with Gasteiger partial charge in [0.25, 0.3) is 0 Å². The minimum atomic E-state index is -2.06. The lowest BCUT2D eigenvalue weighted by Gasteiger charge is -2.38. The number of ether oxygens (including phenoxy) is 1. The van der Waals surface area contributed by atoms with Crippen LogP contribution in [0.5, 0.6) is 0 Å². The number of carbonyl (C=O) groups excluding carboxylic acids is 1. The van der Waals surface area contributed by atoms with Crippen molar-refractivity contribution in [3.8, 4) is 23.7 Å². The topological polar surface area (TPSA) is 54.0 Å². The predicted octanol–water partition coefficient (Wildman–Crippen LogP) is 11.5. The summed E-state index contributed by atoms with van der Waals surface area (Å²) in [5.41, 5.74) is 0. The first-order valence-corrected chi connectivity index (χ1v) is 26.8. The first kappa shape index (κ1) is 47.1. The van der Waals surface area contributed by atoms with Gasteiger partial charge in [-0.25, -0.2) is 0 Å². The molecule has 0 fully saturated rings. The third-order valence-electron chi connectivity index (χ3n) is 10.0. The average Bonchev–Trinajstić information content (AvgIpc) is 2.94. The van der Waals surface area contributed by atoms with E-state index in [9.17, 15) is 4.79 Å². The molecule has 278 valence electrons. The van der Waals surface area contributed by atoms with Gasteiger partial charge in [-0.3, -0.25) is 4.79 Å². The molecule has 0 N–H and O–H groups in total. The fourth-order valence-corrected chi connectivity index (χ4v) is 7.47. The highest BCUT2D eigenvalue weighted by molar-refractivity contribution is 6.75. The van der Waals surface area contributed by atoms with Gasteiger partial charge in [-0.05, 0) is 91.9 Å². The van der Waals surface area contributed by atoms with E-state index in [-0.39, 0.29) is 45.8 Å². The Labute approximate surface area is 306 Å². The van der Waals surface area contributed by atoms with Crippen LogP contribution in [0.25, 0.3) is 0 Å². The zero-order valence-corrected chi connectivity index (χ0v) is 37.4. The Hall–Kier alpha value is -1.92.